The molecule has 0 amide bonds. The molecule has 1 rings (SSSR count). The number of ether oxygens (including phenoxy) is 1. The molecule has 1 N–H and O–H groups in total. The minimum Gasteiger partial charge on any atom is -0.508 e. The minimum atomic E-state index is 0.115. The Labute approximate surface area is 77.6 Å². The van der Waals surface area contributed by atoms with Crippen LogP contribution in [0, 0.1) is 0 Å². The van der Waals surface area contributed by atoms with Gasteiger partial charge in [-0.2, -0.15) is 0 Å². The highest BCUT2D eigenvalue weighted by Crippen LogP contribution is 2.31. The lowest BCUT2D eigenvalue weighted by Crippen LogP contribution is -1.87. The Morgan fingerprint density at radius 2 is 2.42 bits per heavy atom. The summed E-state index contributed by atoms with van der Waals surface area (Å²) in [6.07, 6.45) is 0. The number of hydrogen-bond acceptors (Lipinski definition) is 4. The quantitative estimate of drug-likeness (QED) is 0.565. The topological polar surface area (TPSA) is 38.7 Å². The van der Waals surface area contributed by atoms with Crippen molar-refractivity contribution < 1.29 is 14.0 Å². The van der Waals surface area contributed by atoms with Crippen LogP contribution in [0.1, 0.15) is 0 Å². The van der Waals surface area contributed by atoms with Crippen molar-refractivity contribution in [1.29, 1.82) is 1.34 Å². The summed E-state index contributed by atoms with van der Waals surface area (Å²) in [4.78, 5) is 0. The van der Waals surface area contributed by atoms with Gasteiger partial charge in [0.05, 0.1) is 7.11 Å². The molecule has 0 aliphatic carbocycles. The van der Waals surface area contributed by atoms with E-state index in [1.807, 2.05) is 0 Å². The van der Waals surface area contributed by atoms with Crippen LogP contribution in [-0.2, 0) is 0 Å². The van der Waals surface area contributed by atoms with Crippen molar-refractivity contribution in [3.8, 4) is 17.2 Å². The molecule has 3 nitrogen and oxygen atoms in total. The smallest absolute Gasteiger partial charge is 0.227 e. The number of methoxy groups -OCH3 is 1. The van der Waals surface area contributed by atoms with E-state index in [1.165, 1.54) is 19.2 Å². The highest BCUT2D eigenvalue weighted by atomic mass is 32.2. The van der Waals surface area contributed by atoms with Crippen LogP contribution < -0.4 is 8.92 Å². The standard InChI is InChI=1S/C7H8BO3S/c1-10-7-4-5(9)2-3-6(7)11-12-8/h2-4,8-9H,1H3/i8T. The fourth-order valence-electron chi connectivity index (χ4n) is 0.777. The molecular weight excluding hydrogens is 175 g/mol. The number of phenolic OH excluding ortho intramolecular Hbond substituents is 1. The molecule has 1 aromatic carbocycles. The van der Waals surface area contributed by atoms with Crippen LogP contribution in [0.2, 0.25) is 0 Å². The van der Waals surface area contributed by atoms with Crippen molar-refractivity contribution in [3.63, 3.8) is 0 Å². The molecule has 0 aliphatic heterocycles. The van der Waals surface area contributed by atoms with Crippen molar-refractivity contribution in [2.45, 2.75) is 0 Å². The third-order valence-corrected chi connectivity index (χ3v) is 1.56. The molecule has 0 aliphatic rings. The first-order valence-electron chi connectivity index (χ1n) is 3.76. The highest BCUT2D eigenvalue weighted by Gasteiger charge is 2.03. The minimum absolute atomic E-state index is 0.115. The lowest BCUT2D eigenvalue weighted by molar-refractivity contribution is 0.393. The van der Waals surface area contributed by atoms with Gasteiger partial charge in [-0.05, 0) is 25.4 Å². The van der Waals surface area contributed by atoms with Gasteiger partial charge in [-0.1, -0.05) is 0 Å². The molecule has 12 heavy (non-hydrogen) atoms. The molecule has 63 valence electrons. The van der Waals surface area contributed by atoms with Crippen LogP contribution in [0.4, 0.5) is 0 Å². The summed E-state index contributed by atoms with van der Waals surface area (Å²) in [5.41, 5.74) is 0. The lowest BCUT2D eigenvalue weighted by Gasteiger charge is -2.07. The van der Waals surface area contributed by atoms with Crippen molar-refractivity contribution in [2.75, 3.05) is 7.11 Å². The molecule has 1 radical (unpaired) electrons. The normalized spacial score (nSPS) is 10.2. The van der Waals surface area contributed by atoms with Crippen molar-refractivity contribution in [1.82, 2.24) is 0 Å². The van der Waals surface area contributed by atoms with E-state index in [9.17, 15) is 0 Å². The van der Waals surface area contributed by atoms with Crippen LogP contribution in [0.15, 0.2) is 18.2 Å². The van der Waals surface area contributed by atoms with Gasteiger partial charge < -0.3 is 14.0 Å². The maximum Gasteiger partial charge on any atom is 0.227 e. The number of aromatic hydroxyl groups is 1. The summed E-state index contributed by atoms with van der Waals surface area (Å²) >= 11 is 0.877. The van der Waals surface area contributed by atoms with E-state index in [-0.39, 0.29) is 5.75 Å². The second-order valence-electron chi connectivity index (χ2n) is 2.01. The van der Waals surface area contributed by atoms with Gasteiger partial charge >= 0.3 is 0 Å². The summed E-state index contributed by atoms with van der Waals surface area (Å²) < 4.78 is 16.8. The SMILES string of the molecule is [3H][B]SOc1ccc(O)cc1OC. The lowest BCUT2D eigenvalue weighted by atomic mass is 10.3. The molecule has 1 aromatic rings. The van der Waals surface area contributed by atoms with Crippen molar-refractivity contribution in [3.05, 3.63) is 18.2 Å². The summed E-state index contributed by atoms with van der Waals surface area (Å²) in [7, 11) is 2.54. The van der Waals surface area contributed by atoms with Gasteiger partial charge in [-0.15, -0.1) is 0 Å². The predicted molar refractivity (Wildman–Crippen MR) is 50.0 cm³/mol. The maximum atomic E-state index is 9.11. The molecule has 0 fully saturated rings. The molecule has 5 heteroatoms. The molecule has 0 spiro atoms. The maximum absolute atomic E-state index is 9.11. The number of hydrogen-bond donors (Lipinski definition) is 1. The Kier molecular flexibility index (Phi) is 2.66. The van der Waals surface area contributed by atoms with Crippen molar-refractivity contribution >= 4 is 19.0 Å². The zero-order valence-electron chi connectivity index (χ0n) is 7.48. The predicted octanol–water partition coefficient (Wildman–Crippen LogP) is 1.24. The Morgan fingerprint density at radius 3 is 3.08 bits per heavy atom. The summed E-state index contributed by atoms with van der Waals surface area (Å²) in [5.74, 6) is 1.03. The largest absolute Gasteiger partial charge is 0.508 e. The van der Waals surface area contributed by atoms with Crippen LogP contribution in [0.5, 0.6) is 17.2 Å². The van der Waals surface area contributed by atoms with Crippen LogP contribution >= 0.6 is 11.9 Å². The molecule has 0 atom stereocenters. The molecule has 0 heterocycles. The molecule has 0 unspecified atom stereocenters. The van der Waals surface area contributed by atoms with Gasteiger partial charge in [0.25, 0.3) is 0 Å². The van der Waals surface area contributed by atoms with E-state index < -0.39 is 0 Å². The first-order chi connectivity index (χ1) is 6.27. The average Bonchev–Trinajstić information content (AvgIpc) is 2.16. The Morgan fingerprint density at radius 1 is 1.58 bits per heavy atom. The third-order valence-electron chi connectivity index (χ3n) is 1.29. The first-order valence-corrected chi connectivity index (χ1v) is 3.99. The fourth-order valence-corrected chi connectivity index (χ4v) is 1.02. The number of phenols is 1. The Balaban J connectivity index is 2.79. The zero-order valence-corrected chi connectivity index (χ0v) is 7.30. The van der Waals surface area contributed by atoms with Crippen LogP contribution in [0.25, 0.3) is 0 Å². The molecular formula is C7H8BO3S. The highest BCUT2D eigenvalue weighted by molar-refractivity contribution is 8.16. The van der Waals surface area contributed by atoms with E-state index in [2.05, 4.69) is 0 Å². The fraction of sp³-hybridized carbons (Fsp3) is 0.143. The van der Waals surface area contributed by atoms with Gasteiger partial charge in [0.1, 0.15) is 5.75 Å². The Hall–Kier alpha value is -0.965. The number of rotatable bonds is 4. The van der Waals surface area contributed by atoms with E-state index in [1.54, 1.807) is 6.07 Å². The van der Waals surface area contributed by atoms with E-state index in [4.69, 9.17) is 15.4 Å². The summed E-state index contributed by atoms with van der Waals surface area (Å²) in [6.45, 7) is 0. The van der Waals surface area contributed by atoms with Gasteiger partial charge in [-0.3, -0.25) is 0 Å². The van der Waals surface area contributed by atoms with Gasteiger partial charge in [-0.25, -0.2) is 0 Å². The van der Waals surface area contributed by atoms with Gasteiger partial charge in [0.15, 0.2) is 11.5 Å². The third kappa shape index (κ3) is 2.01. The monoisotopic (exact) mass is 185 g/mol. The van der Waals surface area contributed by atoms with Crippen LogP contribution in [-0.4, -0.2) is 20.6 Å². The first kappa shape index (κ1) is 7.67. The van der Waals surface area contributed by atoms with Crippen LogP contribution in [0.3, 0.4) is 0 Å². The molecule has 0 aromatic heterocycles. The Bertz CT molecular complexity index is 284. The zero-order chi connectivity index (χ0) is 9.68. The van der Waals surface area contributed by atoms with E-state index in [0.29, 0.717) is 11.5 Å². The second kappa shape index (κ2) is 4.16. The molecule has 0 saturated carbocycles. The van der Waals surface area contributed by atoms with E-state index in [0.717, 1.165) is 19.0 Å². The molecule has 0 bridgehead atoms. The average molecular weight is 185 g/mol. The number of benzene rings is 1. The summed E-state index contributed by atoms with van der Waals surface area (Å²) in [5, 5.41) is 9.11. The van der Waals surface area contributed by atoms with Gasteiger partial charge in [0, 0.05) is 6.07 Å². The van der Waals surface area contributed by atoms with Crippen molar-refractivity contribution in [2.24, 2.45) is 0 Å². The summed E-state index contributed by atoms with van der Waals surface area (Å²) in [6, 6.07) is 4.51. The molecule has 0 saturated heterocycles. The second-order valence-corrected chi connectivity index (χ2v) is 2.37. The van der Waals surface area contributed by atoms with Gasteiger partial charge in [0.2, 0.25) is 7.09 Å². The van der Waals surface area contributed by atoms with E-state index >= 15 is 0 Å².